The summed E-state index contributed by atoms with van der Waals surface area (Å²) in [5.41, 5.74) is 0. The zero-order valence-electron chi connectivity index (χ0n) is 17.2. The highest BCUT2D eigenvalue weighted by atomic mass is 16.6. The normalized spacial score (nSPS) is 10.9. The van der Waals surface area contributed by atoms with Gasteiger partial charge in [-0.1, -0.05) is 6.58 Å². The van der Waals surface area contributed by atoms with E-state index < -0.39 is 5.97 Å². The van der Waals surface area contributed by atoms with E-state index in [0.29, 0.717) is 92.5 Å². The minimum Gasteiger partial charge on any atom is -0.499 e. The van der Waals surface area contributed by atoms with Gasteiger partial charge in [-0.2, -0.15) is 0 Å². The Hall–Kier alpha value is -1.27. The van der Waals surface area contributed by atoms with Crippen LogP contribution >= 0.6 is 0 Å². The first-order chi connectivity index (χ1) is 14.3. The zero-order chi connectivity index (χ0) is 21.3. The summed E-state index contributed by atoms with van der Waals surface area (Å²) in [4.78, 5) is 10.3. The van der Waals surface area contributed by atoms with Crippen LogP contribution < -0.4 is 0 Å². The molecule has 0 fully saturated rings. The lowest BCUT2D eigenvalue weighted by Gasteiger charge is -2.08. The van der Waals surface area contributed by atoms with E-state index in [1.54, 1.807) is 0 Å². The molecule has 0 spiro atoms. The molecule has 0 aliphatic heterocycles. The van der Waals surface area contributed by atoms with Gasteiger partial charge in [0.05, 0.1) is 105 Å². The summed E-state index contributed by atoms with van der Waals surface area (Å²) in [6.45, 7) is 10.4. The number of hydrogen-bond donors (Lipinski definition) is 1. The van der Waals surface area contributed by atoms with Crippen molar-refractivity contribution in [2.24, 2.45) is 0 Å². The standard InChI is InChI=1S/C19H36O10/c1-2-22-5-6-24-9-10-26-13-14-28-17-18-29-16-15-27-12-11-25-8-7-23-4-3-19(20)21/h2H,1,3-18H2,(H,20,21). The van der Waals surface area contributed by atoms with Crippen LogP contribution in [0, 0.1) is 0 Å². The van der Waals surface area contributed by atoms with E-state index in [2.05, 4.69) is 6.58 Å². The van der Waals surface area contributed by atoms with Crippen molar-refractivity contribution >= 4 is 5.97 Å². The van der Waals surface area contributed by atoms with Crippen LogP contribution in [0.2, 0.25) is 0 Å². The third-order valence-corrected chi connectivity index (χ3v) is 3.16. The summed E-state index contributed by atoms with van der Waals surface area (Å²) in [6, 6.07) is 0. The SMILES string of the molecule is C=COCCOCCOCCOCCOCCOCCOCCOCCC(=O)O. The topological polar surface area (TPSA) is 111 Å². The molecule has 0 saturated heterocycles. The van der Waals surface area contributed by atoms with Crippen LogP contribution in [0.3, 0.4) is 0 Å². The average Bonchev–Trinajstić information content (AvgIpc) is 2.71. The molecule has 0 bridgehead atoms. The van der Waals surface area contributed by atoms with Gasteiger partial charge >= 0.3 is 5.97 Å². The molecule has 0 unspecified atom stereocenters. The maximum atomic E-state index is 10.3. The Balaban J connectivity index is 3.00. The molecule has 0 atom stereocenters. The van der Waals surface area contributed by atoms with Gasteiger partial charge in [0.25, 0.3) is 0 Å². The van der Waals surface area contributed by atoms with Crippen LogP contribution in [0.4, 0.5) is 0 Å². The van der Waals surface area contributed by atoms with Gasteiger partial charge in [-0.05, 0) is 0 Å². The first-order valence-electron chi connectivity index (χ1n) is 9.76. The molecule has 0 aliphatic rings. The monoisotopic (exact) mass is 424 g/mol. The molecule has 0 saturated carbocycles. The number of aliphatic carboxylic acids is 1. The molecule has 0 amide bonds. The van der Waals surface area contributed by atoms with Gasteiger partial charge in [0.15, 0.2) is 0 Å². The fourth-order valence-electron chi connectivity index (χ4n) is 1.77. The molecular weight excluding hydrogens is 388 g/mol. The lowest BCUT2D eigenvalue weighted by Crippen LogP contribution is -2.15. The first kappa shape index (κ1) is 27.7. The third kappa shape index (κ3) is 26.7. The van der Waals surface area contributed by atoms with Crippen molar-refractivity contribution in [1.29, 1.82) is 0 Å². The highest BCUT2D eigenvalue weighted by molar-refractivity contribution is 5.66. The van der Waals surface area contributed by atoms with E-state index >= 15 is 0 Å². The lowest BCUT2D eigenvalue weighted by molar-refractivity contribution is -0.138. The minimum absolute atomic E-state index is 0.00478. The quantitative estimate of drug-likeness (QED) is 0.166. The van der Waals surface area contributed by atoms with E-state index in [4.69, 9.17) is 43.0 Å². The number of carboxylic acids is 1. The Labute approximate surface area is 172 Å². The fraction of sp³-hybridized carbons (Fsp3) is 0.842. The lowest BCUT2D eigenvalue weighted by atomic mass is 10.5. The summed E-state index contributed by atoms with van der Waals surface area (Å²) < 4.78 is 42.0. The predicted octanol–water partition coefficient (Wildman–Crippen LogP) is 0.737. The van der Waals surface area contributed by atoms with Crippen LogP contribution in [0.25, 0.3) is 0 Å². The highest BCUT2D eigenvalue weighted by Crippen LogP contribution is 1.86. The van der Waals surface area contributed by atoms with E-state index in [1.807, 2.05) is 0 Å². The van der Waals surface area contributed by atoms with Gasteiger partial charge in [0.1, 0.15) is 6.61 Å². The number of ether oxygens (including phenoxy) is 8. The third-order valence-electron chi connectivity index (χ3n) is 3.16. The number of carboxylic acid groups (broad SMARTS) is 1. The Bertz CT molecular complexity index is 354. The fourth-order valence-corrected chi connectivity index (χ4v) is 1.77. The predicted molar refractivity (Wildman–Crippen MR) is 104 cm³/mol. The minimum atomic E-state index is -0.870. The van der Waals surface area contributed by atoms with Crippen molar-refractivity contribution < 1.29 is 47.8 Å². The summed E-state index contributed by atoms with van der Waals surface area (Å²) in [5.74, 6) is -0.870. The maximum Gasteiger partial charge on any atom is 0.305 e. The molecule has 0 heterocycles. The molecule has 1 N–H and O–H groups in total. The summed E-state index contributed by atoms with van der Waals surface area (Å²) in [7, 11) is 0. The van der Waals surface area contributed by atoms with Crippen molar-refractivity contribution in [2.75, 3.05) is 99.1 Å². The Morgan fingerprint density at radius 2 is 0.828 bits per heavy atom. The van der Waals surface area contributed by atoms with Gasteiger partial charge in [0.2, 0.25) is 0 Å². The van der Waals surface area contributed by atoms with Gasteiger partial charge in [-0.3, -0.25) is 4.79 Å². The summed E-state index contributed by atoms with van der Waals surface area (Å²) >= 11 is 0. The van der Waals surface area contributed by atoms with Gasteiger partial charge < -0.3 is 43.0 Å². The van der Waals surface area contributed by atoms with Crippen molar-refractivity contribution in [3.8, 4) is 0 Å². The molecule has 10 nitrogen and oxygen atoms in total. The van der Waals surface area contributed by atoms with Crippen LogP contribution in [0.5, 0.6) is 0 Å². The number of rotatable bonds is 25. The number of carbonyl (C=O) groups is 1. The molecule has 0 aromatic rings. The van der Waals surface area contributed by atoms with E-state index in [0.717, 1.165) is 0 Å². The Morgan fingerprint density at radius 1 is 0.552 bits per heavy atom. The second-order valence-corrected chi connectivity index (χ2v) is 5.47. The molecule has 10 heteroatoms. The molecule has 29 heavy (non-hydrogen) atoms. The van der Waals surface area contributed by atoms with Crippen LogP contribution in [-0.4, -0.2) is 110 Å². The van der Waals surface area contributed by atoms with Crippen LogP contribution in [0.1, 0.15) is 6.42 Å². The molecule has 172 valence electrons. The van der Waals surface area contributed by atoms with Crippen LogP contribution in [-0.2, 0) is 42.7 Å². The van der Waals surface area contributed by atoms with Crippen LogP contribution in [0.15, 0.2) is 12.8 Å². The van der Waals surface area contributed by atoms with Crippen molar-refractivity contribution in [3.63, 3.8) is 0 Å². The van der Waals surface area contributed by atoms with Crippen molar-refractivity contribution in [1.82, 2.24) is 0 Å². The summed E-state index contributed by atoms with van der Waals surface area (Å²) in [6.07, 6.45) is 1.39. The summed E-state index contributed by atoms with van der Waals surface area (Å²) in [5, 5.41) is 8.43. The number of hydrogen-bond acceptors (Lipinski definition) is 9. The molecule has 0 rings (SSSR count). The molecule has 0 aromatic carbocycles. The van der Waals surface area contributed by atoms with Gasteiger partial charge in [0, 0.05) is 0 Å². The smallest absolute Gasteiger partial charge is 0.305 e. The molecule has 0 aromatic heterocycles. The Kier molecular flexibility index (Phi) is 23.7. The molecule has 0 radical (unpaired) electrons. The average molecular weight is 424 g/mol. The zero-order valence-corrected chi connectivity index (χ0v) is 17.2. The van der Waals surface area contributed by atoms with Crippen molar-refractivity contribution in [2.45, 2.75) is 6.42 Å². The Morgan fingerprint density at radius 3 is 1.10 bits per heavy atom. The molecule has 0 aliphatic carbocycles. The van der Waals surface area contributed by atoms with Crippen molar-refractivity contribution in [3.05, 3.63) is 12.8 Å². The maximum absolute atomic E-state index is 10.3. The molecular formula is C19H36O10. The van der Waals surface area contributed by atoms with Gasteiger partial charge in [-0.15, -0.1) is 0 Å². The largest absolute Gasteiger partial charge is 0.499 e. The van der Waals surface area contributed by atoms with E-state index in [9.17, 15) is 4.79 Å². The van der Waals surface area contributed by atoms with E-state index in [-0.39, 0.29) is 13.0 Å². The van der Waals surface area contributed by atoms with Gasteiger partial charge in [-0.25, -0.2) is 0 Å². The second kappa shape index (κ2) is 24.8. The first-order valence-corrected chi connectivity index (χ1v) is 9.76. The van der Waals surface area contributed by atoms with E-state index in [1.165, 1.54) is 6.26 Å². The highest BCUT2D eigenvalue weighted by Gasteiger charge is 1.97. The second-order valence-electron chi connectivity index (χ2n) is 5.47.